The Kier molecular flexibility index (Phi) is 4.37. The molecule has 1 fully saturated rings. The van der Waals surface area contributed by atoms with Crippen molar-refractivity contribution in [2.45, 2.75) is 25.8 Å². The number of likely N-dealkylation sites (tertiary alicyclic amines) is 1. The molecule has 0 spiro atoms. The van der Waals surface area contributed by atoms with Gasteiger partial charge in [0.1, 0.15) is 0 Å². The number of hydrogen-bond donors (Lipinski definition) is 1. The molecule has 2 unspecified atom stereocenters. The van der Waals surface area contributed by atoms with Gasteiger partial charge in [-0.1, -0.05) is 37.3 Å². The lowest BCUT2D eigenvalue weighted by atomic mass is 9.97. The highest BCUT2D eigenvalue weighted by Crippen LogP contribution is 2.21. The van der Waals surface area contributed by atoms with Crippen LogP contribution in [-0.4, -0.2) is 30.9 Å². The Morgan fingerprint density at radius 3 is 2.78 bits per heavy atom. The fraction of sp³-hybridized carbons (Fsp3) is 0.533. The van der Waals surface area contributed by atoms with E-state index in [-0.39, 0.29) is 12.0 Å². The molecule has 98 valence electrons. The molecule has 3 nitrogen and oxygen atoms in total. The summed E-state index contributed by atoms with van der Waals surface area (Å²) in [4.78, 5) is 14.1. The average molecular weight is 246 g/mol. The third-order valence-corrected chi connectivity index (χ3v) is 3.75. The van der Waals surface area contributed by atoms with E-state index in [0.29, 0.717) is 5.91 Å². The zero-order valence-electron chi connectivity index (χ0n) is 11.2. The fourth-order valence-corrected chi connectivity index (χ4v) is 2.58. The Morgan fingerprint density at radius 2 is 2.11 bits per heavy atom. The van der Waals surface area contributed by atoms with Gasteiger partial charge in [0, 0.05) is 25.0 Å². The van der Waals surface area contributed by atoms with Gasteiger partial charge in [-0.2, -0.15) is 0 Å². The summed E-state index contributed by atoms with van der Waals surface area (Å²) in [5.41, 5.74) is 1.24. The standard InChI is InChI=1S/C15H22N2O/c1-12-7-6-10-17(15(12)18)11-14(16-2)13-8-4-3-5-9-13/h3-5,8-9,12,14,16H,6-7,10-11H2,1-2H3. The summed E-state index contributed by atoms with van der Waals surface area (Å²) in [5, 5.41) is 3.31. The van der Waals surface area contributed by atoms with Crippen LogP contribution in [0, 0.1) is 5.92 Å². The first kappa shape index (κ1) is 13.1. The van der Waals surface area contributed by atoms with E-state index >= 15 is 0 Å². The van der Waals surface area contributed by atoms with Gasteiger partial charge in [0.15, 0.2) is 0 Å². The van der Waals surface area contributed by atoms with E-state index in [9.17, 15) is 4.79 Å². The third-order valence-electron chi connectivity index (χ3n) is 3.75. The highest BCUT2D eigenvalue weighted by Gasteiger charge is 2.26. The normalized spacial score (nSPS) is 22.0. The first-order valence-electron chi connectivity index (χ1n) is 6.73. The Morgan fingerprint density at radius 1 is 1.39 bits per heavy atom. The molecular formula is C15H22N2O. The Bertz CT molecular complexity index is 391. The first-order chi connectivity index (χ1) is 8.72. The molecule has 1 aromatic carbocycles. The number of likely N-dealkylation sites (N-methyl/N-ethyl adjacent to an activating group) is 1. The average Bonchev–Trinajstić information content (AvgIpc) is 2.41. The second-order valence-corrected chi connectivity index (χ2v) is 5.08. The maximum atomic E-state index is 12.1. The molecule has 0 bridgehead atoms. The van der Waals surface area contributed by atoms with Gasteiger partial charge < -0.3 is 10.2 Å². The summed E-state index contributed by atoms with van der Waals surface area (Å²) in [7, 11) is 1.95. The molecule has 0 aliphatic carbocycles. The predicted octanol–water partition coefficient (Wildman–Crippen LogP) is 2.21. The number of nitrogens with zero attached hydrogens (tertiary/aromatic N) is 1. The zero-order chi connectivity index (χ0) is 13.0. The monoisotopic (exact) mass is 246 g/mol. The van der Waals surface area contributed by atoms with E-state index in [2.05, 4.69) is 17.4 Å². The first-order valence-corrected chi connectivity index (χ1v) is 6.73. The summed E-state index contributed by atoms with van der Waals surface area (Å²) >= 11 is 0. The smallest absolute Gasteiger partial charge is 0.225 e. The molecule has 0 saturated carbocycles. The van der Waals surface area contributed by atoms with E-state index in [1.54, 1.807) is 0 Å². The van der Waals surface area contributed by atoms with Crippen LogP contribution in [0.4, 0.5) is 0 Å². The minimum absolute atomic E-state index is 0.187. The number of carbonyl (C=O) groups is 1. The van der Waals surface area contributed by atoms with Crippen molar-refractivity contribution in [3.8, 4) is 0 Å². The lowest BCUT2D eigenvalue weighted by Gasteiger charge is -2.33. The number of carbonyl (C=O) groups excluding carboxylic acids is 1. The quantitative estimate of drug-likeness (QED) is 0.883. The van der Waals surface area contributed by atoms with Crippen LogP contribution >= 0.6 is 0 Å². The van der Waals surface area contributed by atoms with E-state index in [1.165, 1.54) is 5.56 Å². The lowest BCUT2D eigenvalue weighted by molar-refractivity contribution is -0.138. The van der Waals surface area contributed by atoms with Crippen molar-refractivity contribution < 1.29 is 4.79 Å². The number of nitrogens with one attached hydrogen (secondary N) is 1. The summed E-state index contributed by atoms with van der Waals surface area (Å²) in [6, 6.07) is 10.5. The molecule has 1 saturated heterocycles. The van der Waals surface area contributed by atoms with Crippen LogP contribution in [0.3, 0.4) is 0 Å². The van der Waals surface area contributed by atoms with E-state index in [4.69, 9.17) is 0 Å². The molecule has 0 aromatic heterocycles. The molecule has 1 aromatic rings. The molecule has 1 heterocycles. The Balaban J connectivity index is 2.04. The molecule has 0 radical (unpaired) electrons. The minimum Gasteiger partial charge on any atom is -0.341 e. The highest BCUT2D eigenvalue weighted by molar-refractivity contribution is 5.79. The summed E-state index contributed by atoms with van der Waals surface area (Å²) in [5.74, 6) is 0.490. The van der Waals surface area contributed by atoms with Crippen LogP contribution in [0.5, 0.6) is 0 Å². The predicted molar refractivity (Wildman–Crippen MR) is 73.2 cm³/mol. The third kappa shape index (κ3) is 2.91. The maximum Gasteiger partial charge on any atom is 0.225 e. The lowest BCUT2D eigenvalue weighted by Crippen LogP contribution is -2.44. The number of rotatable bonds is 4. The van der Waals surface area contributed by atoms with Gasteiger partial charge in [-0.3, -0.25) is 4.79 Å². The van der Waals surface area contributed by atoms with Gasteiger partial charge in [0.05, 0.1) is 0 Å². The molecule has 1 aliphatic rings. The van der Waals surface area contributed by atoms with Gasteiger partial charge in [-0.15, -0.1) is 0 Å². The Hall–Kier alpha value is -1.35. The van der Waals surface area contributed by atoms with E-state index in [0.717, 1.165) is 25.9 Å². The second kappa shape index (κ2) is 6.01. The molecule has 3 heteroatoms. The molecule has 1 amide bonds. The molecule has 18 heavy (non-hydrogen) atoms. The molecule has 2 rings (SSSR count). The topological polar surface area (TPSA) is 32.3 Å². The van der Waals surface area contributed by atoms with Gasteiger partial charge in [0.2, 0.25) is 5.91 Å². The van der Waals surface area contributed by atoms with Gasteiger partial charge >= 0.3 is 0 Å². The van der Waals surface area contributed by atoms with Crippen LogP contribution in [0.1, 0.15) is 31.4 Å². The van der Waals surface area contributed by atoms with Crippen molar-refractivity contribution in [3.05, 3.63) is 35.9 Å². The van der Waals surface area contributed by atoms with E-state index < -0.39 is 0 Å². The van der Waals surface area contributed by atoms with Crippen molar-refractivity contribution in [1.29, 1.82) is 0 Å². The SMILES string of the molecule is CNC(CN1CCCC(C)C1=O)c1ccccc1. The molecule has 1 N–H and O–H groups in total. The van der Waals surface area contributed by atoms with Gasteiger partial charge in [-0.25, -0.2) is 0 Å². The molecular weight excluding hydrogens is 224 g/mol. The maximum absolute atomic E-state index is 12.1. The van der Waals surface area contributed by atoms with Crippen molar-refractivity contribution in [2.75, 3.05) is 20.1 Å². The van der Waals surface area contributed by atoms with Crippen LogP contribution in [0.25, 0.3) is 0 Å². The minimum atomic E-state index is 0.187. The summed E-state index contributed by atoms with van der Waals surface area (Å²) in [6.45, 7) is 3.70. The van der Waals surface area contributed by atoms with E-state index in [1.807, 2.05) is 37.1 Å². The van der Waals surface area contributed by atoms with Crippen LogP contribution in [0.2, 0.25) is 0 Å². The Labute approximate surface area is 109 Å². The van der Waals surface area contributed by atoms with Crippen molar-refractivity contribution in [3.63, 3.8) is 0 Å². The van der Waals surface area contributed by atoms with Crippen molar-refractivity contribution >= 4 is 5.91 Å². The largest absolute Gasteiger partial charge is 0.341 e. The molecule has 2 atom stereocenters. The number of piperidine rings is 1. The summed E-state index contributed by atoms with van der Waals surface area (Å²) in [6.07, 6.45) is 2.16. The number of hydrogen-bond acceptors (Lipinski definition) is 2. The van der Waals surface area contributed by atoms with Crippen molar-refractivity contribution in [1.82, 2.24) is 10.2 Å². The zero-order valence-corrected chi connectivity index (χ0v) is 11.2. The fourth-order valence-electron chi connectivity index (χ4n) is 2.58. The number of benzene rings is 1. The van der Waals surface area contributed by atoms with Crippen LogP contribution in [-0.2, 0) is 4.79 Å². The van der Waals surface area contributed by atoms with Crippen LogP contribution < -0.4 is 5.32 Å². The van der Waals surface area contributed by atoms with Crippen LogP contribution in [0.15, 0.2) is 30.3 Å². The second-order valence-electron chi connectivity index (χ2n) is 5.08. The van der Waals surface area contributed by atoms with Crippen molar-refractivity contribution in [2.24, 2.45) is 5.92 Å². The highest BCUT2D eigenvalue weighted by atomic mass is 16.2. The molecule has 1 aliphatic heterocycles. The van der Waals surface area contributed by atoms with Gasteiger partial charge in [0.25, 0.3) is 0 Å². The van der Waals surface area contributed by atoms with Gasteiger partial charge in [-0.05, 0) is 25.5 Å². The number of amides is 1. The summed E-state index contributed by atoms with van der Waals surface area (Å²) < 4.78 is 0.